The molecule has 0 bridgehead atoms. The van der Waals surface area contributed by atoms with E-state index in [-0.39, 0.29) is 12.1 Å². The van der Waals surface area contributed by atoms with E-state index < -0.39 is 0 Å². The Hall–Kier alpha value is -3.79. The number of urea groups is 1. The molecule has 4 nitrogen and oxygen atoms in total. The summed E-state index contributed by atoms with van der Waals surface area (Å²) in [6.07, 6.45) is 2.09. The van der Waals surface area contributed by atoms with Gasteiger partial charge in [0, 0.05) is 17.6 Å². The Balaban J connectivity index is 1.65. The molecule has 1 aromatic heterocycles. The van der Waals surface area contributed by atoms with Crippen molar-refractivity contribution in [2.24, 2.45) is 0 Å². The fraction of sp³-hybridized carbons (Fsp3) is 0.179. The monoisotopic (exact) mass is 421 g/mol. The maximum Gasteiger partial charge on any atom is 0.322 e. The van der Waals surface area contributed by atoms with Crippen molar-refractivity contribution >= 4 is 11.7 Å². The first-order valence-electron chi connectivity index (χ1n) is 11.0. The highest BCUT2D eigenvalue weighted by molar-refractivity contribution is 5.90. The zero-order chi connectivity index (χ0) is 22.2. The van der Waals surface area contributed by atoms with E-state index in [0.29, 0.717) is 6.54 Å². The lowest BCUT2D eigenvalue weighted by molar-refractivity contribution is 0.194. The van der Waals surface area contributed by atoms with Gasteiger partial charge < -0.3 is 14.8 Å². The highest BCUT2D eigenvalue weighted by atomic mass is 16.2. The Kier molecular flexibility index (Phi) is 5.06. The van der Waals surface area contributed by atoms with Gasteiger partial charge in [-0.2, -0.15) is 0 Å². The second kappa shape index (κ2) is 8.04. The van der Waals surface area contributed by atoms with Crippen molar-refractivity contribution in [1.82, 2.24) is 9.47 Å². The number of hydrogen-bond acceptors (Lipinski definition) is 1. The van der Waals surface area contributed by atoms with Gasteiger partial charge in [0.1, 0.15) is 6.04 Å². The predicted octanol–water partition coefficient (Wildman–Crippen LogP) is 6.54. The molecule has 0 spiro atoms. The minimum Gasteiger partial charge on any atom is -0.318 e. The third-order valence-electron chi connectivity index (χ3n) is 6.18. The molecule has 0 aliphatic carbocycles. The van der Waals surface area contributed by atoms with Crippen LogP contribution in [0.25, 0.3) is 5.69 Å². The summed E-state index contributed by atoms with van der Waals surface area (Å²) in [6, 6.07) is 26.7. The van der Waals surface area contributed by atoms with Crippen LogP contribution in [-0.4, -0.2) is 15.5 Å². The maximum absolute atomic E-state index is 13.8. The molecule has 32 heavy (non-hydrogen) atoms. The van der Waals surface area contributed by atoms with Crippen molar-refractivity contribution < 1.29 is 4.79 Å². The number of nitrogens with one attached hydrogen (secondary N) is 1. The molecule has 2 heterocycles. The van der Waals surface area contributed by atoms with Crippen LogP contribution in [0.15, 0.2) is 85.1 Å². The van der Waals surface area contributed by atoms with Crippen LogP contribution in [0.2, 0.25) is 0 Å². The van der Waals surface area contributed by atoms with E-state index in [4.69, 9.17) is 0 Å². The smallest absolute Gasteiger partial charge is 0.318 e. The Morgan fingerprint density at radius 2 is 1.59 bits per heavy atom. The first-order valence-corrected chi connectivity index (χ1v) is 11.0. The lowest BCUT2D eigenvalue weighted by Crippen LogP contribution is -2.38. The summed E-state index contributed by atoms with van der Waals surface area (Å²) in [5.74, 6) is 0. The average molecular weight is 422 g/mol. The molecule has 0 fully saturated rings. The van der Waals surface area contributed by atoms with Gasteiger partial charge in [-0.15, -0.1) is 0 Å². The Labute approximate surface area is 189 Å². The molecule has 3 aromatic carbocycles. The second-order valence-corrected chi connectivity index (χ2v) is 8.63. The van der Waals surface area contributed by atoms with Crippen LogP contribution in [0.3, 0.4) is 0 Å². The molecule has 5 rings (SSSR count). The van der Waals surface area contributed by atoms with Gasteiger partial charge in [0.15, 0.2) is 0 Å². The number of amides is 2. The molecule has 0 saturated carbocycles. The average Bonchev–Trinajstić information content (AvgIpc) is 3.18. The minimum absolute atomic E-state index is 0.104. The summed E-state index contributed by atoms with van der Waals surface area (Å²) >= 11 is 0. The van der Waals surface area contributed by atoms with Gasteiger partial charge in [-0.1, -0.05) is 48.5 Å². The third kappa shape index (κ3) is 3.58. The normalized spacial score (nSPS) is 15.0. The van der Waals surface area contributed by atoms with Crippen molar-refractivity contribution in [3.05, 3.63) is 119 Å². The van der Waals surface area contributed by atoms with E-state index in [2.05, 4.69) is 71.5 Å². The maximum atomic E-state index is 13.8. The minimum atomic E-state index is -0.204. The topological polar surface area (TPSA) is 37.3 Å². The fourth-order valence-corrected chi connectivity index (χ4v) is 4.80. The van der Waals surface area contributed by atoms with Crippen LogP contribution >= 0.6 is 0 Å². The molecule has 0 unspecified atom stereocenters. The van der Waals surface area contributed by atoms with Crippen LogP contribution in [0.1, 0.15) is 39.6 Å². The van der Waals surface area contributed by atoms with Crippen molar-refractivity contribution in [3.63, 3.8) is 0 Å². The van der Waals surface area contributed by atoms with E-state index >= 15 is 0 Å². The van der Waals surface area contributed by atoms with Crippen LogP contribution in [0, 0.1) is 20.8 Å². The van der Waals surface area contributed by atoms with Crippen molar-refractivity contribution in [2.45, 2.75) is 33.4 Å². The van der Waals surface area contributed by atoms with Gasteiger partial charge in [-0.3, -0.25) is 0 Å². The van der Waals surface area contributed by atoms with E-state index in [0.717, 1.165) is 39.3 Å². The van der Waals surface area contributed by atoms with Gasteiger partial charge in [-0.25, -0.2) is 4.79 Å². The van der Waals surface area contributed by atoms with Crippen LogP contribution in [0.5, 0.6) is 0 Å². The van der Waals surface area contributed by atoms with E-state index in [1.165, 1.54) is 5.56 Å². The molecular formula is C28H27N3O. The van der Waals surface area contributed by atoms with Crippen LogP contribution in [-0.2, 0) is 6.54 Å². The summed E-state index contributed by atoms with van der Waals surface area (Å²) < 4.78 is 2.22. The summed E-state index contributed by atoms with van der Waals surface area (Å²) in [5.41, 5.74) is 8.71. The first kappa shape index (κ1) is 20.1. The molecule has 0 saturated heterocycles. The molecule has 1 aliphatic rings. The Bertz CT molecular complexity index is 1280. The van der Waals surface area contributed by atoms with E-state index in [1.54, 1.807) is 0 Å². The quantitative estimate of drug-likeness (QED) is 0.392. The molecule has 1 atom stereocenters. The van der Waals surface area contributed by atoms with Gasteiger partial charge in [0.25, 0.3) is 0 Å². The fourth-order valence-electron chi connectivity index (χ4n) is 4.80. The zero-order valence-electron chi connectivity index (χ0n) is 18.7. The van der Waals surface area contributed by atoms with Crippen molar-refractivity contribution in [1.29, 1.82) is 0 Å². The molecule has 0 radical (unpaired) electrons. The Morgan fingerprint density at radius 3 is 2.38 bits per heavy atom. The highest BCUT2D eigenvalue weighted by Gasteiger charge is 2.33. The molecule has 4 heteroatoms. The summed E-state index contributed by atoms with van der Waals surface area (Å²) in [6.45, 7) is 6.73. The molecule has 4 aromatic rings. The predicted molar refractivity (Wildman–Crippen MR) is 129 cm³/mol. The summed E-state index contributed by atoms with van der Waals surface area (Å²) in [4.78, 5) is 15.7. The van der Waals surface area contributed by atoms with Gasteiger partial charge >= 0.3 is 6.03 Å². The van der Waals surface area contributed by atoms with E-state index in [9.17, 15) is 4.79 Å². The standard InChI is InChI=1S/C28H27N3O/c1-19-15-20(2)17-23(16-19)29-28(32)31-18-22-10-5-7-12-25(22)30-14-8-13-26(30)27(31)24-11-6-4-9-21(24)3/h4-17,27H,18H2,1-3H3,(H,29,32)/t27-/m1/s1. The third-order valence-corrected chi connectivity index (χ3v) is 6.18. The van der Waals surface area contributed by atoms with Gasteiger partial charge in [-0.05, 0) is 78.9 Å². The number of anilines is 1. The number of para-hydroxylation sites is 1. The van der Waals surface area contributed by atoms with Crippen molar-refractivity contribution in [3.8, 4) is 5.69 Å². The molecule has 1 aliphatic heterocycles. The largest absolute Gasteiger partial charge is 0.322 e. The first-order chi connectivity index (χ1) is 15.5. The van der Waals surface area contributed by atoms with Crippen LogP contribution in [0.4, 0.5) is 10.5 Å². The second-order valence-electron chi connectivity index (χ2n) is 8.63. The molecule has 1 N–H and O–H groups in total. The number of aryl methyl sites for hydroxylation is 3. The molecule has 160 valence electrons. The number of hydrogen-bond donors (Lipinski definition) is 1. The highest BCUT2D eigenvalue weighted by Crippen LogP contribution is 2.38. The number of carbonyl (C=O) groups is 1. The number of fused-ring (bicyclic) bond motifs is 3. The van der Waals surface area contributed by atoms with Crippen LogP contribution < -0.4 is 5.32 Å². The number of aromatic nitrogens is 1. The van der Waals surface area contributed by atoms with E-state index in [1.807, 2.05) is 49.1 Å². The zero-order valence-corrected chi connectivity index (χ0v) is 18.7. The number of carbonyl (C=O) groups excluding carboxylic acids is 1. The lowest BCUT2D eigenvalue weighted by Gasteiger charge is -2.32. The number of nitrogens with zero attached hydrogens (tertiary/aromatic N) is 2. The number of rotatable bonds is 2. The van der Waals surface area contributed by atoms with Crippen molar-refractivity contribution in [2.75, 3.05) is 5.32 Å². The Morgan fingerprint density at radius 1 is 0.875 bits per heavy atom. The van der Waals surface area contributed by atoms with Gasteiger partial charge in [0.2, 0.25) is 0 Å². The molecule has 2 amide bonds. The number of benzene rings is 3. The summed E-state index contributed by atoms with van der Waals surface area (Å²) in [5, 5.41) is 3.17. The SMILES string of the molecule is Cc1cc(C)cc(NC(=O)N2Cc3ccccc3-n3cccc3[C@H]2c2ccccc2C)c1. The molecular weight excluding hydrogens is 394 g/mol. The summed E-state index contributed by atoms with van der Waals surface area (Å²) in [7, 11) is 0. The van der Waals surface area contributed by atoms with Gasteiger partial charge in [0.05, 0.1) is 12.2 Å². The lowest BCUT2D eigenvalue weighted by atomic mass is 9.97.